The van der Waals surface area contributed by atoms with Crippen LogP contribution in [0.4, 0.5) is 11.5 Å². The fraction of sp³-hybridized carbons (Fsp3) is 0.172. The van der Waals surface area contributed by atoms with E-state index in [1.807, 2.05) is 90.0 Å². The maximum absolute atomic E-state index is 13.8. The van der Waals surface area contributed by atoms with Crippen molar-refractivity contribution in [2.24, 2.45) is 14.1 Å². The largest absolute Gasteiger partial charge is 0.377 e. The minimum Gasteiger partial charge on any atom is -0.377 e. The molecule has 6 nitrogen and oxygen atoms in total. The summed E-state index contributed by atoms with van der Waals surface area (Å²) in [5, 5.41) is 3.62. The lowest BCUT2D eigenvalue weighted by Crippen LogP contribution is -2.43. The Bertz CT molecular complexity index is 1460. The topological polar surface area (TPSA) is 59.3 Å². The van der Waals surface area contributed by atoms with Crippen molar-refractivity contribution in [3.05, 3.63) is 141 Å². The van der Waals surface area contributed by atoms with Crippen LogP contribution in [0, 0.1) is 0 Å². The number of benzene rings is 3. The van der Waals surface area contributed by atoms with Gasteiger partial charge in [0.1, 0.15) is 5.82 Å². The van der Waals surface area contributed by atoms with Crippen LogP contribution < -0.4 is 21.5 Å². The van der Waals surface area contributed by atoms with Crippen molar-refractivity contribution in [2.45, 2.75) is 18.5 Å². The molecular formula is C29H28N4O2. The SMILES string of the molecule is Cn1c2c(c(=O)n(C)c1=O)[C@@H](Nc1ccccc1)[C@@H](c1ccccc1)C=CN2Cc1ccccc1. The van der Waals surface area contributed by atoms with Crippen molar-refractivity contribution >= 4 is 11.5 Å². The number of nitrogens with one attached hydrogen (secondary N) is 1. The maximum Gasteiger partial charge on any atom is 0.332 e. The first-order valence-electron chi connectivity index (χ1n) is 11.7. The predicted molar refractivity (Wildman–Crippen MR) is 141 cm³/mol. The highest BCUT2D eigenvalue weighted by atomic mass is 16.2. The van der Waals surface area contributed by atoms with Gasteiger partial charge >= 0.3 is 5.69 Å². The molecule has 2 heterocycles. The number of nitrogens with zero attached hydrogens (tertiary/aromatic N) is 3. The van der Waals surface area contributed by atoms with Gasteiger partial charge in [-0.05, 0) is 23.3 Å². The zero-order valence-electron chi connectivity index (χ0n) is 19.8. The first-order valence-corrected chi connectivity index (χ1v) is 11.7. The number of fused-ring (bicyclic) bond motifs is 1. The van der Waals surface area contributed by atoms with E-state index in [0.717, 1.165) is 16.8 Å². The van der Waals surface area contributed by atoms with Gasteiger partial charge in [-0.25, -0.2) is 4.79 Å². The summed E-state index contributed by atoms with van der Waals surface area (Å²) in [5.74, 6) is 0.464. The smallest absolute Gasteiger partial charge is 0.332 e. The summed E-state index contributed by atoms with van der Waals surface area (Å²) in [6.45, 7) is 0.532. The van der Waals surface area contributed by atoms with E-state index in [9.17, 15) is 9.59 Å². The summed E-state index contributed by atoms with van der Waals surface area (Å²) >= 11 is 0. The third-order valence-electron chi connectivity index (χ3n) is 6.56. The van der Waals surface area contributed by atoms with Gasteiger partial charge in [0.15, 0.2) is 0 Å². The molecule has 176 valence electrons. The summed E-state index contributed by atoms with van der Waals surface area (Å²) in [4.78, 5) is 28.8. The Morgan fingerprint density at radius 3 is 2.03 bits per heavy atom. The summed E-state index contributed by atoms with van der Waals surface area (Å²) in [6, 6.07) is 29.7. The molecule has 2 atom stereocenters. The van der Waals surface area contributed by atoms with E-state index in [4.69, 9.17) is 0 Å². The van der Waals surface area contributed by atoms with Crippen LogP contribution in [0.15, 0.2) is 113 Å². The van der Waals surface area contributed by atoms with Crippen molar-refractivity contribution in [1.29, 1.82) is 0 Å². The van der Waals surface area contributed by atoms with Gasteiger partial charge in [0, 0.05) is 38.4 Å². The van der Waals surface area contributed by atoms with E-state index in [-0.39, 0.29) is 17.2 Å². The molecule has 1 N–H and O–H groups in total. The molecule has 35 heavy (non-hydrogen) atoms. The Labute approximate surface area is 204 Å². The fourth-order valence-corrected chi connectivity index (χ4v) is 4.80. The van der Waals surface area contributed by atoms with E-state index in [1.165, 1.54) is 4.57 Å². The highest BCUT2D eigenvalue weighted by Crippen LogP contribution is 2.40. The summed E-state index contributed by atoms with van der Waals surface area (Å²) < 4.78 is 2.78. The van der Waals surface area contributed by atoms with Gasteiger partial charge in [0.2, 0.25) is 0 Å². The van der Waals surface area contributed by atoms with Gasteiger partial charge in [-0.15, -0.1) is 0 Å². The van der Waals surface area contributed by atoms with Crippen LogP contribution in [0.25, 0.3) is 0 Å². The second-order valence-electron chi connectivity index (χ2n) is 8.82. The lowest BCUT2D eigenvalue weighted by Gasteiger charge is -2.29. The fourth-order valence-electron chi connectivity index (χ4n) is 4.80. The molecule has 1 aliphatic heterocycles. The predicted octanol–water partition coefficient (Wildman–Crippen LogP) is 4.55. The molecule has 0 saturated carbocycles. The molecule has 0 spiro atoms. The molecule has 0 fully saturated rings. The van der Waals surface area contributed by atoms with Gasteiger partial charge in [-0.1, -0.05) is 84.9 Å². The minimum atomic E-state index is -0.391. The first-order chi connectivity index (χ1) is 17.0. The molecular weight excluding hydrogens is 436 g/mol. The Kier molecular flexibility index (Phi) is 6.10. The van der Waals surface area contributed by atoms with Crippen LogP contribution >= 0.6 is 0 Å². The number of anilines is 2. The van der Waals surface area contributed by atoms with Crippen LogP contribution in [0.1, 0.15) is 28.7 Å². The van der Waals surface area contributed by atoms with Crippen molar-refractivity contribution < 1.29 is 0 Å². The van der Waals surface area contributed by atoms with Crippen LogP contribution in [0.2, 0.25) is 0 Å². The number of hydrogen-bond donors (Lipinski definition) is 1. The molecule has 5 rings (SSSR count). The van der Waals surface area contributed by atoms with Crippen molar-refractivity contribution in [1.82, 2.24) is 9.13 Å². The molecule has 0 amide bonds. The van der Waals surface area contributed by atoms with Crippen LogP contribution in [-0.4, -0.2) is 9.13 Å². The molecule has 1 aromatic heterocycles. The summed E-state index contributed by atoms with van der Waals surface area (Å²) in [7, 11) is 3.27. The number of aromatic nitrogens is 2. The average Bonchev–Trinajstić information content (AvgIpc) is 3.05. The zero-order chi connectivity index (χ0) is 24.4. The third-order valence-corrected chi connectivity index (χ3v) is 6.56. The van der Waals surface area contributed by atoms with Gasteiger partial charge in [-0.2, -0.15) is 0 Å². The van der Waals surface area contributed by atoms with Gasteiger partial charge in [-0.3, -0.25) is 13.9 Å². The van der Waals surface area contributed by atoms with Gasteiger partial charge in [0.25, 0.3) is 5.56 Å². The number of rotatable bonds is 5. The molecule has 0 unspecified atom stereocenters. The monoisotopic (exact) mass is 464 g/mol. The Hall–Kier alpha value is -4.32. The second kappa shape index (κ2) is 9.50. The van der Waals surface area contributed by atoms with Crippen LogP contribution in [0.5, 0.6) is 0 Å². The highest BCUT2D eigenvalue weighted by molar-refractivity contribution is 5.59. The number of hydrogen-bond acceptors (Lipinski definition) is 4. The van der Waals surface area contributed by atoms with Crippen LogP contribution in [0.3, 0.4) is 0 Å². The standard InChI is InChI=1S/C29H28N4O2/c1-31-27-25(28(34)32(2)29(31)35)26(30-23-16-10-5-11-17-23)24(22-14-8-4-9-15-22)18-19-33(27)20-21-12-6-3-7-13-21/h3-19,24,26,30H,20H2,1-2H3/t24-,26+/m1/s1. The molecule has 0 saturated heterocycles. The lowest BCUT2D eigenvalue weighted by atomic mass is 9.87. The minimum absolute atomic E-state index is 0.138. The normalized spacial score (nSPS) is 17.0. The molecule has 1 aliphatic rings. The van der Waals surface area contributed by atoms with Gasteiger partial charge in [0.05, 0.1) is 11.6 Å². The highest BCUT2D eigenvalue weighted by Gasteiger charge is 2.34. The molecule has 0 aliphatic carbocycles. The van der Waals surface area contributed by atoms with E-state index >= 15 is 0 Å². The van der Waals surface area contributed by atoms with Crippen LogP contribution in [-0.2, 0) is 20.6 Å². The summed E-state index contributed by atoms with van der Waals surface area (Å²) in [5.41, 5.74) is 3.00. The van der Waals surface area contributed by atoms with Crippen molar-refractivity contribution in [3.8, 4) is 0 Å². The summed E-state index contributed by atoms with van der Waals surface area (Å²) in [6.07, 6.45) is 4.14. The van der Waals surface area contributed by atoms with Crippen molar-refractivity contribution in [2.75, 3.05) is 10.2 Å². The second-order valence-corrected chi connectivity index (χ2v) is 8.82. The Balaban J connectivity index is 1.76. The van der Waals surface area contributed by atoms with E-state index < -0.39 is 6.04 Å². The first kappa shape index (κ1) is 22.5. The quantitative estimate of drug-likeness (QED) is 0.471. The zero-order valence-corrected chi connectivity index (χ0v) is 19.8. The Morgan fingerprint density at radius 1 is 0.771 bits per heavy atom. The average molecular weight is 465 g/mol. The lowest BCUT2D eigenvalue weighted by molar-refractivity contribution is 0.621. The maximum atomic E-state index is 13.8. The van der Waals surface area contributed by atoms with E-state index in [2.05, 4.69) is 23.5 Å². The molecule has 0 radical (unpaired) electrons. The molecule has 4 aromatic rings. The molecule has 0 bridgehead atoms. The van der Waals surface area contributed by atoms with E-state index in [1.54, 1.807) is 18.7 Å². The number of para-hydroxylation sites is 1. The Morgan fingerprint density at radius 2 is 1.37 bits per heavy atom. The molecule has 3 aromatic carbocycles. The molecule has 6 heteroatoms. The van der Waals surface area contributed by atoms with E-state index in [0.29, 0.717) is 17.9 Å². The van der Waals surface area contributed by atoms with Gasteiger partial charge < -0.3 is 10.2 Å². The third kappa shape index (κ3) is 4.30. The van der Waals surface area contributed by atoms with Crippen molar-refractivity contribution in [3.63, 3.8) is 0 Å².